The average molecular weight is 468 g/mol. The molecule has 0 aromatic rings. The molecule has 5 atom stereocenters. The minimum atomic E-state index is -2.59. The molecule has 0 spiro atoms. The maximum Gasteiger partial charge on any atom is 0.373 e. The molecule has 1 saturated heterocycles. The van der Waals surface area contributed by atoms with Gasteiger partial charge in [0.05, 0.1) is 5.92 Å². The van der Waals surface area contributed by atoms with Gasteiger partial charge in [-0.25, -0.2) is 9.59 Å². The number of esters is 3. The second-order valence-electron chi connectivity index (χ2n) is 10.6. The van der Waals surface area contributed by atoms with Crippen molar-refractivity contribution in [3.8, 4) is 0 Å². The van der Waals surface area contributed by atoms with Crippen molar-refractivity contribution >= 4 is 17.9 Å². The van der Waals surface area contributed by atoms with Crippen molar-refractivity contribution in [2.24, 2.45) is 35.5 Å². The highest BCUT2D eigenvalue weighted by Gasteiger charge is 2.63. The van der Waals surface area contributed by atoms with Gasteiger partial charge in [-0.2, -0.15) is 13.2 Å². The number of hydrogen-bond acceptors (Lipinski definition) is 6. The van der Waals surface area contributed by atoms with Crippen molar-refractivity contribution in [2.45, 2.75) is 69.2 Å². The van der Waals surface area contributed by atoms with E-state index in [1.54, 1.807) is 0 Å². The molecule has 0 aromatic carbocycles. The fourth-order valence-electron chi connectivity index (χ4n) is 7.72. The molecule has 6 saturated carbocycles. The van der Waals surface area contributed by atoms with Crippen molar-refractivity contribution in [3.05, 3.63) is 24.6 Å². The van der Waals surface area contributed by atoms with E-state index in [1.807, 2.05) is 0 Å². The van der Waals surface area contributed by atoms with Gasteiger partial charge in [0.2, 0.25) is 0 Å². The van der Waals surface area contributed by atoms with Gasteiger partial charge in [0.1, 0.15) is 17.8 Å². The second kappa shape index (κ2) is 8.17. The van der Waals surface area contributed by atoms with Crippen LogP contribution in [0.25, 0.3) is 0 Å². The van der Waals surface area contributed by atoms with Crippen molar-refractivity contribution in [2.75, 3.05) is 0 Å². The van der Waals surface area contributed by atoms with Crippen LogP contribution in [0.1, 0.15) is 51.4 Å². The smallest absolute Gasteiger partial charge is 0.373 e. The van der Waals surface area contributed by atoms with Crippen LogP contribution >= 0.6 is 0 Å². The van der Waals surface area contributed by atoms with Crippen LogP contribution in [-0.4, -0.2) is 35.7 Å². The van der Waals surface area contributed by atoms with Gasteiger partial charge in [0.15, 0.2) is 0 Å². The summed E-state index contributed by atoms with van der Waals surface area (Å²) in [5.74, 6) is -1.84. The molecule has 0 radical (unpaired) electrons. The first kappa shape index (κ1) is 22.5. The lowest BCUT2D eigenvalue weighted by molar-refractivity contribution is -0.184. The normalized spacial score (nSPS) is 42.8. The fourth-order valence-corrected chi connectivity index (χ4v) is 7.72. The fraction of sp³-hybridized carbons (Fsp3) is 0.708. The van der Waals surface area contributed by atoms with Crippen LogP contribution in [0.3, 0.4) is 0 Å². The maximum atomic E-state index is 12.9. The van der Waals surface area contributed by atoms with Gasteiger partial charge in [-0.15, -0.1) is 0 Å². The maximum absolute atomic E-state index is 12.9. The monoisotopic (exact) mass is 468 g/mol. The molecule has 6 aliphatic carbocycles. The molecular weight excluding hydrogens is 441 g/mol. The van der Waals surface area contributed by atoms with E-state index in [4.69, 9.17) is 14.2 Å². The minimum Gasteiger partial charge on any atom is -0.458 e. The van der Waals surface area contributed by atoms with Crippen molar-refractivity contribution in [1.82, 2.24) is 0 Å². The van der Waals surface area contributed by atoms with E-state index in [2.05, 4.69) is 6.58 Å². The first-order valence-electron chi connectivity index (χ1n) is 11.7. The van der Waals surface area contributed by atoms with Gasteiger partial charge in [0.25, 0.3) is 5.83 Å². The SMILES string of the molecule is C=CC(=O)OC1C2CC3C(=O)OC1C3C2.O=C(OC12CC3CC(CC(C3)C1)C2)C(F)=C(F)F. The van der Waals surface area contributed by atoms with Crippen LogP contribution in [0.5, 0.6) is 0 Å². The number of hydrogen-bond donors (Lipinski definition) is 0. The Morgan fingerprint density at radius 1 is 1.00 bits per heavy atom. The predicted molar refractivity (Wildman–Crippen MR) is 107 cm³/mol. The summed E-state index contributed by atoms with van der Waals surface area (Å²) in [4.78, 5) is 33.9. The summed E-state index contributed by atoms with van der Waals surface area (Å²) < 4.78 is 52.5. The molecule has 7 aliphatic rings. The van der Waals surface area contributed by atoms with Crippen molar-refractivity contribution in [1.29, 1.82) is 0 Å². The zero-order valence-corrected chi connectivity index (χ0v) is 18.1. The number of fused-ring (bicyclic) bond motifs is 1. The lowest BCUT2D eigenvalue weighted by Gasteiger charge is -2.55. The van der Waals surface area contributed by atoms with Gasteiger partial charge >= 0.3 is 24.0 Å². The van der Waals surface area contributed by atoms with Gasteiger partial charge in [-0.05, 0) is 69.1 Å². The van der Waals surface area contributed by atoms with Gasteiger partial charge in [-0.3, -0.25) is 4.79 Å². The zero-order valence-electron chi connectivity index (χ0n) is 18.1. The quantitative estimate of drug-likeness (QED) is 0.349. The van der Waals surface area contributed by atoms with Gasteiger partial charge < -0.3 is 14.2 Å². The molecular formula is C24H27F3O6. The number of rotatable bonds is 4. The Hall–Kier alpha value is -2.32. The summed E-state index contributed by atoms with van der Waals surface area (Å²) in [6.45, 7) is 3.36. The summed E-state index contributed by atoms with van der Waals surface area (Å²) in [7, 11) is 0. The van der Waals surface area contributed by atoms with E-state index in [-0.39, 0.29) is 30.0 Å². The number of carbonyl (C=O) groups excluding carboxylic acids is 3. The highest BCUT2D eigenvalue weighted by Crippen LogP contribution is 2.57. The summed E-state index contributed by atoms with van der Waals surface area (Å²) in [6, 6.07) is 0. The summed E-state index contributed by atoms with van der Waals surface area (Å²) >= 11 is 0. The average Bonchev–Trinajstić information content (AvgIpc) is 3.37. The van der Waals surface area contributed by atoms with Crippen LogP contribution < -0.4 is 0 Å². The van der Waals surface area contributed by atoms with Crippen molar-refractivity contribution < 1.29 is 41.8 Å². The standard InChI is InChI=1S/C13H15F3O2.C11H12O4/c14-10(11(15)16)12(17)18-13-4-7-1-8(5-13)3-9(2-7)6-13;1-2-8(12)14-9-5-3-6-7(4-5)11(13)15-10(6)9/h7-9H,1-6H2;2,5-7,9-10H,1,3-4H2. The third-order valence-corrected chi connectivity index (χ3v) is 8.47. The van der Waals surface area contributed by atoms with Crippen molar-refractivity contribution in [3.63, 3.8) is 0 Å². The number of halogens is 3. The van der Waals surface area contributed by atoms with E-state index in [1.165, 1.54) is 0 Å². The lowest BCUT2D eigenvalue weighted by Crippen LogP contribution is -2.52. The Balaban J connectivity index is 0.000000140. The molecule has 1 heterocycles. The first-order chi connectivity index (χ1) is 15.7. The van der Waals surface area contributed by atoms with Crippen LogP contribution in [0.2, 0.25) is 0 Å². The molecule has 0 amide bonds. The molecule has 6 bridgehead atoms. The predicted octanol–water partition coefficient (Wildman–Crippen LogP) is 4.24. The highest BCUT2D eigenvalue weighted by molar-refractivity contribution is 5.86. The molecule has 0 aromatic heterocycles. The second-order valence-corrected chi connectivity index (χ2v) is 10.6. The Labute approximate surface area is 189 Å². The van der Waals surface area contributed by atoms with Gasteiger partial charge in [0, 0.05) is 17.9 Å². The number of carbonyl (C=O) groups is 3. The van der Waals surface area contributed by atoms with Crippen LogP contribution in [0.4, 0.5) is 13.2 Å². The molecule has 9 heteroatoms. The van der Waals surface area contributed by atoms with E-state index in [9.17, 15) is 27.6 Å². The largest absolute Gasteiger partial charge is 0.458 e. The molecule has 6 nitrogen and oxygen atoms in total. The van der Waals surface area contributed by atoms with Gasteiger partial charge in [-0.1, -0.05) is 6.58 Å². The molecule has 5 unspecified atom stereocenters. The zero-order chi connectivity index (χ0) is 23.5. The van der Waals surface area contributed by atoms with E-state index >= 15 is 0 Å². The van der Waals surface area contributed by atoms with Crippen LogP contribution in [0, 0.1) is 35.5 Å². The summed E-state index contributed by atoms with van der Waals surface area (Å²) in [5.41, 5.74) is -0.668. The molecule has 7 fully saturated rings. The first-order valence-corrected chi connectivity index (χ1v) is 11.7. The lowest BCUT2D eigenvalue weighted by atomic mass is 9.54. The molecule has 33 heavy (non-hydrogen) atoms. The Morgan fingerprint density at radius 2 is 1.61 bits per heavy atom. The van der Waals surface area contributed by atoms with E-state index in [0.29, 0.717) is 42.9 Å². The molecule has 180 valence electrons. The Morgan fingerprint density at radius 3 is 2.15 bits per heavy atom. The highest BCUT2D eigenvalue weighted by atomic mass is 19.3. The Kier molecular flexibility index (Phi) is 5.56. The van der Waals surface area contributed by atoms with Crippen LogP contribution in [-0.2, 0) is 28.6 Å². The van der Waals surface area contributed by atoms with E-state index in [0.717, 1.165) is 38.2 Å². The van der Waals surface area contributed by atoms with E-state index < -0.39 is 29.4 Å². The third-order valence-electron chi connectivity index (χ3n) is 8.47. The minimum absolute atomic E-state index is 0.0682. The number of ether oxygens (including phenoxy) is 3. The topological polar surface area (TPSA) is 78.9 Å². The van der Waals surface area contributed by atoms with Crippen LogP contribution in [0.15, 0.2) is 24.6 Å². The molecule has 7 rings (SSSR count). The summed E-state index contributed by atoms with van der Waals surface area (Å²) in [5, 5.41) is 0. The summed E-state index contributed by atoms with van der Waals surface area (Å²) in [6.07, 6.45) is 5.49. The molecule has 1 aliphatic heterocycles. The molecule has 0 N–H and O–H groups in total. The Bertz CT molecular complexity index is 875. The third kappa shape index (κ3) is 3.97.